The molecule has 138 valence electrons. The average molecular weight is 370 g/mol. The molecule has 1 N–H and O–H groups in total. The topological polar surface area (TPSA) is 75.7 Å². The summed E-state index contributed by atoms with van der Waals surface area (Å²) in [6, 6.07) is 6.31. The summed E-state index contributed by atoms with van der Waals surface area (Å²) >= 11 is 0. The maximum atomic E-state index is 13.6. The van der Waals surface area contributed by atoms with Gasteiger partial charge in [0.1, 0.15) is 11.4 Å². The zero-order valence-electron chi connectivity index (χ0n) is 14.2. The molecule has 1 aromatic carbocycles. The largest absolute Gasteiger partial charge is 0.371 e. The third-order valence-electron chi connectivity index (χ3n) is 4.88. The molecule has 25 heavy (non-hydrogen) atoms. The number of carbonyl (C=O) groups is 1. The Labute approximate surface area is 147 Å². The van der Waals surface area contributed by atoms with E-state index < -0.39 is 10.0 Å². The van der Waals surface area contributed by atoms with Gasteiger partial charge in [0.15, 0.2) is 0 Å². The molecule has 6 nitrogen and oxygen atoms in total. The Hall–Kier alpha value is -1.51. The Morgan fingerprint density at radius 1 is 1.40 bits per heavy atom. The smallest absolute Gasteiger partial charge is 0.227 e. The highest BCUT2D eigenvalue weighted by Crippen LogP contribution is 2.36. The Morgan fingerprint density at radius 2 is 2.12 bits per heavy atom. The van der Waals surface area contributed by atoms with E-state index in [2.05, 4.69) is 4.72 Å². The Morgan fingerprint density at radius 3 is 2.72 bits per heavy atom. The fourth-order valence-corrected chi connectivity index (χ4v) is 3.88. The van der Waals surface area contributed by atoms with Gasteiger partial charge in [-0.25, -0.2) is 17.5 Å². The number of benzene rings is 1. The van der Waals surface area contributed by atoms with Crippen LogP contribution in [0.3, 0.4) is 0 Å². The van der Waals surface area contributed by atoms with Crippen molar-refractivity contribution in [2.75, 3.05) is 32.5 Å². The molecular weight excluding hydrogens is 347 g/mol. The van der Waals surface area contributed by atoms with Gasteiger partial charge in [0.25, 0.3) is 0 Å². The Kier molecular flexibility index (Phi) is 5.13. The van der Waals surface area contributed by atoms with Crippen LogP contribution in [-0.2, 0) is 26.0 Å². The molecule has 2 saturated heterocycles. The molecule has 1 spiro atoms. The lowest BCUT2D eigenvalue weighted by atomic mass is 9.82. The van der Waals surface area contributed by atoms with E-state index in [0.29, 0.717) is 31.8 Å². The van der Waals surface area contributed by atoms with Gasteiger partial charge in [0, 0.05) is 6.54 Å². The summed E-state index contributed by atoms with van der Waals surface area (Å²) in [5.74, 6) is -0.301. The van der Waals surface area contributed by atoms with E-state index in [1.807, 2.05) is 0 Å². The first-order valence-corrected chi connectivity index (χ1v) is 10.3. The van der Waals surface area contributed by atoms with Crippen LogP contribution in [0.2, 0.25) is 0 Å². The van der Waals surface area contributed by atoms with Gasteiger partial charge in [0.2, 0.25) is 15.9 Å². The van der Waals surface area contributed by atoms with E-state index in [4.69, 9.17) is 4.74 Å². The van der Waals surface area contributed by atoms with Crippen molar-refractivity contribution in [2.45, 2.75) is 24.9 Å². The zero-order valence-corrected chi connectivity index (χ0v) is 15.0. The number of carbonyl (C=O) groups excluding carboxylic acids is 1. The first-order chi connectivity index (χ1) is 11.8. The molecule has 2 fully saturated rings. The highest BCUT2D eigenvalue weighted by atomic mass is 32.2. The maximum Gasteiger partial charge on any atom is 0.227 e. The normalized spacial score (nSPS) is 22.6. The summed E-state index contributed by atoms with van der Waals surface area (Å²) in [6.07, 6.45) is 2.86. The number of hydrogen-bond donors (Lipinski definition) is 1. The summed E-state index contributed by atoms with van der Waals surface area (Å²) in [7, 11) is -3.19. The Balaban J connectivity index is 1.45. The third-order valence-corrected chi connectivity index (χ3v) is 5.57. The molecule has 0 radical (unpaired) electrons. The van der Waals surface area contributed by atoms with Gasteiger partial charge in [-0.3, -0.25) is 4.79 Å². The van der Waals surface area contributed by atoms with Crippen LogP contribution in [0.5, 0.6) is 0 Å². The van der Waals surface area contributed by atoms with Gasteiger partial charge in [0.05, 0.1) is 32.4 Å². The second-order valence-electron chi connectivity index (χ2n) is 7.04. The minimum atomic E-state index is -3.19. The van der Waals surface area contributed by atoms with E-state index in [-0.39, 0.29) is 29.7 Å². The number of rotatable bonds is 5. The molecule has 1 aromatic rings. The van der Waals surface area contributed by atoms with Crippen LogP contribution in [0.15, 0.2) is 24.3 Å². The SMILES string of the molecule is CS(=O)(=O)NCC1CCC2(CN(C(=O)Cc3ccccc3F)C2)OC1. The number of ether oxygens (including phenoxy) is 1. The quantitative estimate of drug-likeness (QED) is 0.837. The summed E-state index contributed by atoms with van der Waals surface area (Å²) < 4.78 is 44.4. The second-order valence-corrected chi connectivity index (χ2v) is 8.87. The van der Waals surface area contributed by atoms with E-state index in [1.165, 1.54) is 6.07 Å². The lowest BCUT2D eigenvalue weighted by Crippen LogP contribution is -2.66. The van der Waals surface area contributed by atoms with Crippen molar-refractivity contribution >= 4 is 15.9 Å². The fourth-order valence-electron chi connectivity index (χ4n) is 3.34. The van der Waals surface area contributed by atoms with Crippen molar-refractivity contribution in [1.82, 2.24) is 9.62 Å². The Bertz CT molecular complexity index is 737. The minimum absolute atomic E-state index is 0.0592. The predicted octanol–water partition coefficient (Wildman–Crippen LogP) is 0.925. The highest BCUT2D eigenvalue weighted by molar-refractivity contribution is 7.88. The van der Waals surface area contributed by atoms with E-state index >= 15 is 0 Å². The molecule has 1 unspecified atom stereocenters. The first kappa shape index (κ1) is 18.3. The first-order valence-electron chi connectivity index (χ1n) is 8.36. The van der Waals surface area contributed by atoms with E-state index in [1.54, 1.807) is 23.1 Å². The van der Waals surface area contributed by atoms with Crippen LogP contribution in [-0.4, -0.2) is 57.3 Å². The maximum absolute atomic E-state index is 13.6. The van der Waals surface area contributed by atoms with E-state index in [0.717, 1.165) is 19.1 Å². The number of halogens is 1. The van der Waals surface area contributed by atoms with Crippen molar-refractivity contribution in [3.63, 3.8) is 0 Å². The number of sulfonamides is 1. The van der Waals surface area contributed by atoms with Crippen molar-refractivity contribution in [3.8, 4) is 0 Å². The number of amides is 1. The van der Waals surface area contributed by atoms with Crippen molar-refractivity contribution < 1.29 is 22.3 Å². The van der Waals surface area contributed by atoms with Gasteiger partial charge in [-0.2, -0.15) is 0 Å². The van der Waals surface area contributed by atoms with Crippen LogP contribution in [0, 0.1) is 11.7 Å². The summed E-state index contributed by atoms with van der Waals surface area (Å²) in [6.45, 7) is 1.90. The van der Waals surface area contributed by atoms with Crippen molar-refractivity contribution in [2.24, 2.45) is 5.92 Å². The van der Waals surface area contributed by atoms with Crippen LogP contribution >= 0.6 is 0 Å². The molecule has 0 aromatic heterocycles. The molecular formula is C17H23FN2O4S. The van der Waals surface area contributed by atoms with Crippen molar-refractivity contribution in [1.29, 1.82) is 0 Å². The third kappa shape index (κ3) is 4.56. The van der Waals surface area contributed by atoms with Gasteiger partial charge in [-0.1, -0.05) is 18.2 Å². The van der Waals surface area contributed by atoms with Crippen molar-refractivity contribution in [3.05, 3.63) is 35.6 Å². The standard InChI is InChI=1S/C17H23FN2O4S/c1-25(22,23)19-9-13-6-7-17(24-10-13)11-20(12-17)16(21)8-14-4-2-3-5-15(14)18/h2-5,13,19H,6-12H2,1H3. The van der Waals surface area contributed by atoms with Gasteiger partial charge in [-0.15, -0.1) is 0 Å². The molecule has 2 aliphatic heterocycles. The molecule has 3 rings (SSSR count). The van der Waals surface area contributed by atoms with Crippen LogP contribution < -0.4 is 4.72 Å². The summed E-state index contributed by atoms with van der Waals surface area (Å²) in [5.41, 5.74) is 0.0943. The minimum Gasteiger partial charge on any atom is -0.371 e. The van der Waals surface area contributed by atoms with Gasteiger partial charge < -0.3 is 9.64 Å². The number of hydrogen-bond acceptors (Lipinski definition) is 4. The molecule has 0 bridgehead atoms. The predicted molar refractivity (Wildman–Crippen MR) is 90.9 cm³/mol. The van der Waals surface area contributed by atoms with Gasteiger partial charge in [-0.05, 0) is 30.4 Å². The van der Waals surface area contributed by atoms with Gasteiger partial charge >= 0.3 is 0 Å². The van der Waals surface area contributed by atoms with Crippen LogP contribution in [0.1, 0.15) is 18.4 Å². The second kappa shape index (κ2) is 7.01. The monoisotopic (exact) mass is 370 g/mol. The average Bonchev–Trinajstić information content (AvgIpc) is 2.52. The summed E-state index contributed by atoms with van der Waals surface area (Å²) in [4.78, 5) is 14.0. The molecule has 0 aliphatic carbocycles. The molecule has 1 atom stereocenters. The number of likely N-dealkylation sites (tertiary alicyclic amines) is 1. The van der Waals surface area contributed by atoms with Crippen LogP contribution in [0.25, 0.3) is 0 Å². The van der Waals surface area contributed by atoms with Crippen LogP contribution in [0.4, 0.5) is 4.39 Å². The van der Waals surface area contributed by atoms with E-state index in [9.17, 15) is 17.6 Å². The number of nitrogens with zero attached hydrogens (tertiary/aromatic N) is 1. The summed E-state index contributed by atoms with van der Waals surface area (Å²) in [5, 5.41) is 0. The molecule has 1 amide bonds. The lowest BCUT2D eigenvalue weighted by molar-refractivity contribution is -0.187. The highest BCUT2D eigenvalue weighted by Gasteiger charge is 2.48. The molecule has 8 heteroatoms. The molecule has 2 aliphatic rings. The molecule has 0 saturated carbocycles. The fraction of sp³-hybridized carbons (Fsp3) is 0.588. The lowest BCUT2D eigenvalue weighted by Gasteiger charge is -2.52. The zero-order chi connectivity index (χ0) is 18.1. The molecule has 2 heterocycles. The number of nitrogens with one attached hydrogen (secondary N) is 1.